The Balaban J connectivity index is 0.00000240. The van der Waals surface area contributed by atoms with E-state index in [1.807, 2.05) is 49.7 Å². The molecule has 0 unspecified atom stereocenters. The fourth-order valence-electron chi connectivity index (χ4n) is 3.38. The third kappa shape index (κ3) is 3.43. The summed E-state index contributed by atoms with van der Waals surface area (Å²) in [7, 11) is 5.40. The van der Waals surface area contributed by atoms with Gasteiger partial charge in [-0.15, -0.1) is 0 Å². The Bertz CT molecular complexity index is 1260. The summed E-state index contributed by atoms with van der Waals surface area (Å²) in [4.78, 5) is 27.1. The van der Waals surface area contributed by atoms with Crippen molar-refractivity contribution in [2.24, 2.45) is 7.05 Å². The van der Waals surface area contributed by atoms with Crippen molar-refractivity contribution in [3.05, 3.63) is 52.4 Å². The lowest BCUT2D eigenvalue weighted by Crippen LogP contribution is -3.00. The normalized spacial score (nSPS) is 11.0. The van der Waals surface area contributed by atoms with Gasteiger partial charge in [0.05, 0.1) is 12.6 Å². The minimum atomic E-state index is -0.153. The van der Waals surface area contributed by atoms with Gasteiger partial charge in [0.15, 0.2) is 0 Å². The van der Waals surface area contributed by atoms with Gasteiger partial charge in [-0.1, -0.05) is 16.6 Å². The van der Waals surface area contributed by atoms with E-state index in [2.05, 4.69) is 9.97 Å². The summed E-state index contributed by atoms with van der Waals surface area (Å²) in [5.74, 6) is 0.449. The molecule has 0 atom stereocenters. The highest BCUT2D eigenvalue weighted by molar-refractivity contribution is 6.31. The van der Waals surface area contributed by atoms with E-state index in [1.54, 1.807) is 25.2 Å². The zero-order valence-electron chi connectivity index (χ0n) is 16.8. The molecule has 1 N–H and O–H groups in total. The Morgan fingerprint density at radius 3 is 2.59 bits per heavy atom. The molecule has 1 aromatic carbocycles. The molecule has 4 rings (SSSR count). The van der Waals surface area contributed by atoms with Crippen LogP contribution in [0.3, 0.4) is 0 Å². The standard InChI is InChI=1S/C21H20ClN5O.ClH/c1-11-8-13(10-23-12(11)2)19-24-18(21(28)26(3)4)17-15-7-6-14(22)9-16(15)27(5)20(17)25-19;/h6-10H,1-5H3;1H. The molecule has 0 aliphatic heterocycles. The van der Waals surface area contributed by atoms with Crippen LogP contribution in [0.25, 0.3) is 33.3 Å². The molecule has 0 saturated carbocycles. The lowest BCUT2D eigenvalue weighted by molar-refractivity contribution is -0.339. The summed E-state index contributed by atoms with van der Waals surface area (Å²) in [6, 6.07) is 7.68. The summed E-state index contributed by atoms with van der Waals surface area (Å²) in [6.45, 7) is 3.98. The molecule has 3 heterocycles. The number of nitrogens with zero attached hydrogens (tertiary/aromatic N) is 4. The van der Waals surface area contributed by atoms with Crippen LogP contribution in [-0.2, 0) is 7.05 Å². The van der Waals surface area contributed by atoms with E-state index >= 15 is 0 Å². The Kier molecular flexibility index (Phi) is 5.52. The van der Waals surface area contributed by atoms with Gasteiger partial charge in [0, 0.05) is 36.4 Å². The zero-order valence-corrected chi connectivity index (χ0v) is 18.4. The van der Waals surface area contributed by atoms with Gasteiger partial charge in [-0.3, -0.25) is 14.3 Å². The summed E-state index contributed by atoms with van der Waals surface area (Å²) in [6.07, 6.45) is 1.77. The van der Waals surface area contributed by atoms with Gasteiger partial charge in [-0.25, -0.2) is 4.98 Å². The molecule has 6 nitrogen and oxygen atoms in total. The molecular weight excluding hydrogens is 409 g/mol. The van der Waals surface area contributed by atoms with E-state index < -0.39 is 0 Å². The van der Waals surface area contributed by atoms with Crippen LogP contribution in [0.4, 0.5) is 0 Å². The largest absolute Gasteiger partial charge is 1.00 e. The predicted molar refractivity (Wildman–Crippen MR) is 111 cm³/mol. The van der Waals surface area contributed by atoms with E-state index in [0.717, 1.165) is 38.8 Å². The highest BCUT2D eigenvalue weighted by Crippen LogP contribution is 2.31. The average Bonchev–Trinajstić information content (AvgIpc) is 2.94. The molecule has 0 radical (unpaired) electrons. The van der Waals surface area contributed by atoms with Crippen LogP contribution in [0.15, 0.2) is 30.5 Å². The zero-order chi connectivity index (χ0) is 20.2. The Morgan fingerprint density at radius 1 is 1.21 bits per heavy atom. The Labute approximate surface area is 179 Å². The summed E-state index contributed by atoms with van der Waals surface area (Å²) in [5.41, 5.74) is 5.01. The van der Waals surface area contributed by atoms with Crippen LogP contribution in [0.2, 0.25) is 5.02 Å². The number of halogens is 2. The van der Waals surface area contributed by atoms with Gasteiger partial charge < -0.3 is 17.3 Å². The Morgan fingerprint density at radius 2 is 1.93 bits per heavy atom. The molecule has 3 aromatic heterocycles. The highest BCUT2D eigenvalue weighted by Gasteiger charge is 2.28. The van der Waals surface area contributed by atoms with Crippen LogP contribution in [0.1, 0.15) is 21.7 Å². The molecule has 0 saturated heterocycles. The number of amides is 1. The summed E-state index contributed by atoms with van der Waals surface area (Å²) in [5, 5.41) is 2.36. The van der Waals surface area contributed by atoms with Gasteiger partial charge in [0.25, 0.3) is 11.7 Å². The van der Waals surface area contributed by atoms with Crippen molar-refractivity contribution in [2.75, 3.05) is 14.1 Å². The van der Waals surface area contributed by atoms with Gasteiger partial charge in [-0.05, 0) is 43.7 Å². The molecule has 8 heteroatoms. The number of carbonyl (C=O) groups excluding carboxylic acids is 1. The molecular formula is C21H21Cl2N5O. The van der Waals surface area contributed by atoms with Crippen molar-refractivity contribution in [1.29, 1.82) is 0 Å². The number of rotatable bonds is 2. The molecule has 4 aromatic rings. The molecule has 0 fully saturated rings. The number of H-pyrrole nitrogens is 1. The molecule has 0 spiro atoms. The molecule has 1 amide bonds. The number of fused-ring (bicyclic) bond motifs is 3. The van der Waals surface area contributed by atoms with Crippen molar-refractivity contribution < 1.29 is 22.2 Å². The number of nitrogens with one attached hydrogen (secondary N) is 1. The maximum Gasteiger partial charge on any atom is 0.289 e. The third-order valence-corrected chi connectivity index (χ3v) is 5.32. The number of aromatic nitrogens is 4. The van der Waals surface area contributed by atoms with Crippen LogP contribution in [0, 0.1) is 13.8 Å². The molecule has 150 valence electrons. The van der Waals surface area contributed by atoms with Crippen molar-refractivity contribution >= 4 is 39.4 Å². The van der Waals surface area contributed by atoms with Crippen LogP contribution in [0.5, 0.6) is 0 Å². The molecule has 0 aliphatic carbocycles. The van der Waals surface area contributed by atoms with E-state index in [4.69, 9.17) is 16.6 Å². The lowest BCUT2D eigenvalue weighted by atomic mass is 10.1. The SMILES string of the molecule is Cc1cc(-c2nc(C(=O)N(C)C)c3c4ccc(Cl)cc4n(C)c3[nH+]2)cnc1C.[Cl-]. The number of pyridine rings is 1. The topological polar surface area (TPSA) is 65.2 Å². The summed E-state index contributed by atoms with van der Waals surface area (Å²) >= 11 is 6.21. The number of aromatic amines is 1. The molecule has 0 aliphatic rings. The first-order chi connectivity index (χ1) is 13.3. The number of benzene rings is 1. The van der Waals surface area contributed by atoms with Crippen LogP contribution >= 0.6 is 11.6 Å². The van der Waals surface area contributed by atoms with E-state index in [9.17, 15) is 4.79 Å². The van der Waals surface area contributed by atoms with Gasteiger partial charge in [0.2, 0.25) is 11.3 Å². The monoisotopic (exact) mass is 429 g/mol. The molecule has 29 heavy (non-hydrogen) atoms. The maximum atomic E-state index is 13.0. The van der Waals surface area contributed by atoms with Crippen molar-refractivity contribution in [2.45, 2.75) is 13.8 Å². The van der Waals surface area contributed by atoms with Crippen LogP contribution < -0.4 is 17.4 Å². The number of aryl methyl sites for hydroxylation is 3. The first-order valence-electron chi connectivity index (χ1n) is 8.94. The lowest BCUT2D eigenvalue weighted by Gasteiger charge is -2.09. The van der Waals surface area contributed by atoms with Crippen molar-refractivity contribution in [3.8, 4) is 11.4 Å². The quantitative estimate of drug-likeness (QED) is 0.468. The smallest absolute Gasteiger partial charge is 0.289 e. The second kappa shape index (κ2) is 7.61. The maximum absolute atomic E-state index is 13.0. The Hall–Kier alpha value is -2.70. The predicted octanol–water partition coefficient (Wildman–Crippen LogP) is 0.579. The van der Waals surface area contributed by atoms with Gasteiger partial charge in [0.1, 0.15) is 10.9 Å². The highest BCUT2D eigenvalue weighted by atomic mass is 35.5. The fourth-order valence-corrected chi connectivity index (χ4v) is 3.55. The molecule has 0 bridgehead atoms. The van der Waals surface area contributed by atoms with E-state index in [-0.39, 0.29) is 18.3 Å². The van der Waals surface area contributed by atoms with Crippen molar-refractivity contribution in [1.82, 2.24) is 19.4 Å². The van der Waals surface area contributed by atoms with Gasteiger partial charge >= 0.3 is 0 Å². The second-order valence-corrected chi connectivity index (χ2v) is 7.64. The third-order valence-electron chi connectivity index (χ3n) is 5.08. The van der Waals surface area contributed by atoms with Crippen LogP contribution in [-0.4, -0.2) is 39.4 Å². The average molecular weight is 430 g/mol. The number of hydrogen-bond donors (Lipinski definition) is 0. The first kappa shape index (κ1) is 21.0. The summed E-state index contributed by atoms with van der Waals surface area (Å²) < 4.78 is 2.00. The van der Waals surface area contributed by atoms with Crippen molar-refractivity contribution in [3.63, 3.8) is 0 Å². The van der Waals surface area contributed by atoms with E-state index in [0.29, 0.717) is 16.5 Å². The van der Waals surface area contributed by atoms with Gasteiger partial charge in [-0.2, -0.15) is 0 Å². The minimum absolute atomic E-state index is 0. The number of carbonyl (C=O) groups is 1. The minimum Gasteiger partial charge on any atom is -1.00 e. The first-order valence-corrected chi connectivity index (χ1v) is 9.32. The second-order valence-electron chi connectivity index (χ2n) is 7.20. The fraction of sp³-hybridized carbons (Fsp3) is 0.238. The number of hydrogen-bond acceptors (Lipinski definition) is 3. The van der Waals surface area contributed by atoms with E-state index in [1.165, 1.54) is 0 Å².